The summed E-state index contributed by atoms with van der Waals surface area (Å²) in [4.78, 5) is 11.4. The highest BCUT2D eigenvalue weighted by atomic mass is 16.1. The largest absolute Gasteiger partial charge is 0.269 e. The van der Waals surface area contributed by atoms with Gasteiger partial charge < -0.3 is 0 Å². The highest BCUT2D eigenvalue weighted by molar-refractivity contribution is 5.99. The molecule has 2 heteroatoms. The number of rotatable bonds is 2. The zero-order valence-electron chi connectivity index (χ0n) is 9.05. The maximum absolute atomic E-state index is 11.4. The molecule has 0 saturated carbocycles. The average molecular weight is 210 g/mol. The second-order valence-corrected chi connectivity index (χ2v) is 3.45. The van der Waals surface area contributed by atoms with Crippen molar-refractivity contribution in [3.05, 3.63) is 54.6 Å². The predicted molar refractivity (Wildman–Crippen MR) is 65.6 cm³/mol. The van der Waals surface area contributed by atoms with Crippen molar-refractivity contribution >= 4 is 22.4 Å². The number of carbonyl (C=O) groups excluding carboxylic acids is 1. The molecule has 0 unspecified atom stereocenters. The lowest BCUT2D eigenvalue weighted by Gasteiger charge is -2.03. The quantitative estimate of drug-likeness (QED) is 0.700. The van der Waals surface area contributed by atoms with Gasteiger partial charge in [0.1, 0.15) is 0 Å². The van der Waals surface area contributed by atoms with E-state index in [0.29, 0.717) is 0 Å². The molecule has 2 nitrogen and oxygen atoms in total. The summed E-state index contributed by atoms with van der Waals surface area (Å²) in [7, 11) is 0. The molecule has 0 aliphatic rings. The highest BCUT2D eigenvalue weighted by Crippen LogP contribution is 2.22. The van der Waals surface area contributed by atoms with E-state index in [9.17, 15) is 4.79 Å². The van der Waals surface area contributed by atoms with Crippen LogP contribution < -0.4 is 5.32 Å². The van der Waals surface area contributed by atoms with Crippen LogP contribution in [0.5, 0.6) is 0 Å². The van der Waals surface area contributed by atoms with E-state index in [1.54, 1.807) is 13.0 Å². The summed E-state index contributed by atoms with van der Waals surface area (Å²) in [5.74, 6) is -0.223. The second kappa shape index (κ2) is 4.62. The first-order valence-electron chi connectivity index (χ1n) is 5.17. The summed E-state index contributed by atoms with van der Waals surface area (Å²) in [6, 6.07) is 13.7. The van der Waals surface area contributed by atoms with Crippen LogP contribution in [0.25, 0.3) is 10.8 Å². The van der Waals surface area contributed by atoms with Gasteiger partial charge in [-0.15, -0.1) is 0 Å². The maximum Gasteiger partial charge on any atom is 0.269 e. The number of hydrogen-bond acceptors (Lipinski definition) is 1. The third-order valence-electron chi connectivity index (χ3n) is 2.31. The van der Waals surface area contributed by atoms with E-state index in [1.165, 1.54) is 6.08 Å². The van der Waals surface area contributed by atoms with Crippen molar-refractivity contribution < 1.29 is 4.79 Å². The lowest BCUT2D eigenvalue weighted by molar-refractivity contribution is -0.115. The lowest BCUT2D eigenvalue weighted by Crippen LogP contribution is -2.06. The Labute approximate surface area is 94.6 Å². The minimum atomic E-state index is -0.223. The molecule has 2 aromatic carbocycles. The minimum Gasteiger partial charge on any atom is -0.267 e. The van der Waals surface area contributed by atoms with Gasteiger partial charge in [0.05, 0.1) is 5.69 Å². The number of allylic oxidation sites excluding steroid dienone is 1. The van der Waals surface area contributed by atoms with Crippen LogP contribution in [0, 0.1) is 0 Å². The van der Waals surface area contributed by atoms with E-state index in [2.05, 4.69) is 5.32 Å². The van der Waals surface area contributed by atoms with Crippen LogP contribution in [0.4, 0.5) is 5.69 Å². The van der Waals surface area contributed by atoms with E-state index >= 15 is 0 Å². The Morgan fingerprint density at radius 3 is 2.69 bits per heavy atom. The molecule has 0 fully saturated rings. The number of hydrogen-bond donors (Lipinski definition) is 0. The molecule has 0 aromatic heterocycles. The molecular formula is C14H12NO. The van der Waals surface area contributed by atoms with Crippen molar-refractivity contribution in [1.29, 1.82) is 0 Å². The van der Waals surface area contributed by atoms with Gasteiger partial charge in [-0.2, -0.15) is 0 Å². The molecule has 2 rings (SSSR count). The molecule has 0 aliphatic heterocycles. The van der Waals surface area contributed by atoms with Crippen molar-refractivity contribution in [3.63, 3.8) is 0 Å². The van der Waals surface area contributed by atoms with Gasteiger partial charge in [0.15, 0.2) is 0 Å². The predicted octanol–water partition coefficient (Wildman–Crippen LogP) is 3.18. The molecule has 16 heavy (non-hydrogen) atoms. The molecule has 0 bridgehead atoms. The Hall–Kier alpha value is -2.09. The zero-order chi connectivity index (χ0) is 11.4. The Morgan fingerprint density at radius 1 is 1.12 bits per heavy atom. The smallest absolute Gasteiger partial charge is 0.267 e. The molecule has 0 N–H and O–H groups in total. The van der Waals surface area contributed by atoms with E-state index in [0.717, 1.165) is 16.5 Å². The number of amides is 1. The van der Waals surface area contributed by atoms with Crippen molar-refractivity contribution in [2.24, 2.45) is 0 Å². The minimum absolute atomic E-state index is 0.223. The lowest BCUT2D eigenvalue weighted by atomic mass is 10.1. The van der Waals surface area contributed by atoms with Crippen molar-refractivity contribution in [2.45, 2.75) is 6.92 Å². The standard InChI is InChI=1S/C14H12NO/c1-2-6-14(16)15-13-10-5-8-11-7-3-4-9-12(11)13/h2-10H,1H3. The van der Waals surface area contributed by atoms with Crippen LogP contribution in [-0.2, 0) is 4.79 Å². The summed E-state index contributed by atoms with van der Waals surface area (Å²) in [6.07, 6.45) is 3.15. The second-order valence-electron chi connectivity index (χ2n) is 3.45. The van der Waals surface area contributed by atoms with Gasteiger partial charge in [-0.05, 0) is 18.4 Å². The number of nitrogens with zero attached hydrogens (tertiary/aromatic N) is 1. The normalized spacial score (nSPS) is 10.8. The average Bonchev–Trinajstić information content (AvgIpc) is 2.30. The third kappa shape index (κ3) is 2.11. The van der Waals surface area contributed by atoms with E-state index < -0.39 is 0 Å². The van der Waals surface area contributed by atoms with E-state index in [-0.39, 0.29) is 5.91 Å². The van der Waals surface area contributed by atoms with Gasteiger partial charge in [-0.3, -0.25) is 4.79 Å². The first kappa shape index (κ1) is 10.4. The van der Waals surface area contributed by atoms with Gasteiger partial charge in [0.2, 0.25) is 0 Å². The van der Waals surface area contributed by atoms with Crippen molar-refractivity contribution in [2.75, 3.05) is 0 Å². The monoisotopic (exact) mass is 210 g/mol. The van der Waals surface area contributed by atoms with Gasteiger partial charge in [0.25, 0.3) is 5.91 Å². The molecule has 2 aromatic rings. The highest BCUT2D eigenvalue weighted by Gasteiger charge is 2.04. The van der Waals surface area contributed by atoms with Crippen LogP contribution in [0.1, 0.15) is 6.92 Å². The van der Waals surface area contributed by atoms with Gasteiger partial charge in [0, 0.05) is 11.5 Å². The van der Waals surface area contributed by atoms with Crippen LogP contribution in [0.15, 0.2) is 54.6 Å². The number of carbonyl (C=O) groups is 1. The Kier molecular flexibility index (Phi) is 3.01. The van der Waals surface area contributed by atoms with Crippen LogP contribution in [0.3, 0.4) is 0 Å². The van der Waals surface area contributed by atoms with E-state index in [4.69, 9.17) is 0 Å². The SMILES string of the molecule is CC=CC(=O)[N]c1cccc2ccccc12. The topological polar surface area (TPSA) is 31.2 Å². The molecule has 1 radical (unpaired) electrons. The zero-order valence-corrected chi connectivity index (χ0v) is 9.05. The molecule has 79 valence electrons. The Balaban J connectivity index is 2.41. The Morgan fingerprint density at radius 2 is 1.88 bits per heavy atom. The van der Waals surface area contributed by atoms with Crippen molar-refractivity contribution in [1.82, 2.24) is 5.32 Å². The summed E-state index contributed by atoms with van der Waals surface area (Å²) >= 11 is 0. The molecule has 1 amide bonds. The van der Waals surface area contributed by atoms with Crippen LogP contribution in [0.2, 0.25) is 0 Å². The molecule has 0 atom stereocenters. The van der Waals surface area contributed by atoms with E-state index in [1.807, 2.05) is 42.5 Å². The fourth-order valence-corrected chi connectivity index (χ4v) is 1.60. The fraction of sp³-hybridized carbons (Fsp3) is 0.0714. The number of fused-ring (bicyclic) bond motifs is 1. The first-order valence-corrected chi connectivity index (χ1v) is 5.17. The third-order valence-corrected chi connectivity index (χ3v) is 2.31. The maximum atomic E-state index is 11.4. The molecule has 0 spiro atoms. The molecule has 0 heterocycles. The first-order chi connectivity index (χ1) is 7.81. The van der Waals surface area contributed by atoms with Gasteiger partial charge >= 0.3 is 0 Å². The molecule has 0 saturated heterocycles. The number of benzene rings is 2. The summed E-state index contributed by atoms with van der Waals surface area (Å²) in [5.41, 5.74) is 0.723. The molecular weight excluding hydrogens is 198 g/mol. The van der Waals surface area contributed by atoms with Crippen LogP contribution >= 0.6 is 0 Å². The van der Waals surface area contributed by atoms with Crippen LogP contribution in [-0.4, -0.2) is 5.91 Å². The van der Waals surface area contributed by atoms with Gasteiger partial charge in [-0.25, -0.2) is 5.32 Å². The summed E-state index contributed by atoms with van der Waals surface area (Å²) in [6.45, 7) is 1.80. The molecule has 0 aliphatic carbocycles. The fourth-order valence-electron chi connectivity index (χ4n) is 1.60. The summed E-state index contributed by atoms with van der Waals surface area (Å²) in [5, 5.41) is 6.15. The van der Waals surface area contributed by atoms with Gasteiger partial charge in [-0.1, -0.05) is 42.5 Å². The summed E-state index contributed by atoms with van der Waals surface area (Å²) < 4.78 is 0. The Bertz CT molecular complexity index is 538. The van der Waals surface area contributed by atoms with Crippen molar-refractivity contribution in [3.8, 4) is 0 Å².